The molecule has 0 spiro atoms. The third-order valence-corrected chi connectivity index (χ3v) is 3.56. The van der Waals surface area contributed by atoms with Crippen LogP contribution in [0.25, 0.3) is 0 Å². The van der Waals surface area contributed by atoms with Gasteiger partial charge in [0.25, 0.3) is 0 Å². The molecule has 130 valence electrons. The van der Waals surface area contributed by atoms with Crippen molar-refractivity contribution in [3.8, 4) is 0 Å². The first-order valence-corrected chi connectivity index (χ1v) is 8.35. The molecule has 1 aromatic carbocycles. The summed E-state index contributed by atoms with van der Waals surface area (Å²) in [6, 6.07) is 6.65. The molecule has 0 saturated carbocycles. The van der Waals surface area contributed by atoms with Crippen molar-refractivity contribution in [2.75, 3.05) is 32.8 Å². The molecule has 0 atom stereocenters. The predicted octanol–water partition coefficient (Wildman–Crippen LogP) is 3.09. The van der Waals surface area contributed by atoms with Crippen molar-refractivity contribution >= 4 is 5.96 Å². The van der Waals surface area contributed by atoms with E-state index in [1.165, 1.54) is 12.1 Å². The molecule has 0 radical (unpaired) electrons. The number of halogens is 1. The SMILES string of the molecule is CCNC(=NCC(C)(C)c1ccc(F)cc1)NCCCOCC. The molecule has 23 heavy (non-hydrogen) atoms. The largest absolute Gasteiger partial charge is 0.382 e. The van der Waals surface area contributed by atoms with Gasteiger partial charge in [-0.1, -0.05) is 26.0 Å². The lowest BCUT2D eigenvalue weighted by atomic mass is 9.85. The topological polar surface area (TPSA) is 45.7 Å². The summed E-state index contributed by atoms with van der Waals surface area (Å²) >= 11 is 0. The molecule has 0 heterocycles. The molecular weight excluding hydrogens is 293 g/mol. The number of nitrogens with one attached hydrogen (secondary N) is 2. The summed E-state index contributed by atoms with van der Waals surface area (Å²) in [5.41, 5.74) is 0.927. The van der Waals surface area contributed by atoms with Crippen LogP contribution in [-0.2, 0) is 10.2 Å². The van der Waals surface area contributed by atoms with E-state index in [0.29, 0.717) is 6.54 Å². The van der Waals surface area contributed by atoms with Gasteiger partial charge in [-0.2, -0.15) is 0 Å². The first kappa shape index (κ1) is 19.4. The summed E-state index contributed by atoms with van der Waals surface area (Å²) in [5.74, 6) is 0.594. The van der Waals surface area contributed by atoms with Crippen molar-refractivity contribution in [3.63, 3.8) is 0 Å². The van der Waals surface area contributed by atoms with Gasteiger partial charge in [0.15, 0.2) is 5.96 Å². The van der Waals surface area contributed by atoms with Crippen LogP contribution in [0.1, 0.15) is 39.7 Å². The molecule has 1 rings (SSSR count). The summed E-state index contributed by atoms with van der Waals surface area (Å²) < 4.78 is 18.4. The first-order chi connectivity index (χ1) is 11.0. The Morgan fingerprint density at radius 3 is 2.48 bits per heavy atom. The summed E-state index contributed by atoms with van der Waals surface area (Å²) in [7, 11) is 0. The third kappa shape index (κ3) is 7.46. The van der Waals surface area contributed by atoms with Gasteiger partial charge >= 0.3 is 0 Å². The molecular formula is C18H30FN3O. The zero-order valence-electron chi connectivity index (χ0n) is 14.8. The van der Waals surface area contributed by atoms with Gasteiger partial charge in [0.1, 0.15) is 5.82 Å². The molecule has 0 aliphatic heterocycles. The van der Waals surface area contributed by atoms with Crippen LogP contribution in [0.3, 0.4) is 0 Å². The van der Waals surface area contributed by atoms with Gasteiger partial charge in [0, 0.05) is 31.7 Å². The highest BCUT2D eigenvalue weighted by Gasteiger charge is 2.20. The number of hydrogen-bond donors (Lipinski definition) is 2. The lowest BCUT2D eigenvalue weighted by Crippen LogP contribution is -2.39. The molecule has 2 N–H and O–H groups in total. The molecule has 0 fully saturated rings. The van der Waals surface area contributed by atoms with Gasteiger partial charge in [-0.3, -0.25) is 4.99 Å². The number of aliphatic imine (C=N–C) groups is 1. The standard InChI is InChI=1S/C18H30FN3O/c1-5-20-17(21-12-7-13-23-6-2)22-14-18(3,4)15-8-10-16(19)11-9-15/h8-11H,5-7,12-14H2,1-4H3,(H2,20,21,22). The van der Waals surface area contributed by atoms with Crippen molar-refractivity contribution in [3.05, 3.63) is 35.6 Å². The van der Waals surface area contributed by atoms with Crippen LogP contribution >= 0.6 is 0 Å². The van der Waals surface area contributed by atoms with Crippen LogP contribution in [0.15, 0.2) is 29.3 Å². The second-order valence-corrected chi connectivity index (χ2v) is 6.06. The summed E-state index contributed by atoms with van der Waals surface area (Å²) in [4.78, 5) is 4.66. The molecule has 4 nitrogen and oxygen atoms in total. The fourth-order valence-electron chi connectivity index (χ4n) is 2.14. The second-order valence-electron chi connectivity index (χ2n) is 6.06. The Morgan fingerprint density at radius 2 is 1.87 bits per heavy atom. The van der Waals surface area contributed by atoms with Crippen molar-refractivity contribution in [2.45, 2.75) is 39.5 Å². The van der Waals surface area contributed by atoms with Crippen LogP contribution in [0, 0.1) is 5.82 Å². The van der Waals surface area contributed by atoms with Crippen molar-refractivity contribution in [1.29, 1.82) is 0 Å². The molecule has 0 saturated heterocycles. The van der Waals surface area contributed by atoms with E-state index in [4.69, 9.17) is 4.74 Å². The lowest BCUT2D eigenvalue weighted by Gasteiger charge is -2.24. The molecule has 0 unspecified atom stereocenters. The fourth-order valence-corrected chi connectivity index (χ4v) is 2.14. The minimum absolute atomic E-state index is 0.151. The zero-order chi connectivity index (χ0) is 17.1. The van der Waals surface area contributed by atoms with Gasteiger partial charge in [-0.25, -0.2) is 4.39 Å². The number of guanidine groups is 1. The van der Waals surface area contributed by atoms with Gasteiger partial charge < -0.3 is 15.4 Å². The van der Waals surface area contributed by atoms with Gasteiger partial charge in [0.05, 0.1) is 6.54 Å². The summed E-state index contributed by atoms with van der Waals surface area (Å²) in [6.45, 7) is 12.0. The fraction of sp³-hybridized carbons (Fsp3) is 0.611. The molecule has 1 aromatic rings. The maximum absolute atomic E-state index is 13.1. The van der Waals surface area contributed by atoms with E-state index in [0.717, 1.165) is 44.2 Å². The number of ether oxygens (including phenoxy) is 1. The number of benzene rings is 1. The van der Waals surface area contributed by atoms with Crippen molar-refractivity contribution < 1.29 is 9.13 Å². The van der Waals surface area contributed by atoms with Crippen LogP contribution < -0.4 is 10.6 Å². The van der Waals surface area contributed by atoms with Gasteiger partial charge in [0.2, 0.25) is 0 Å². The predicted molar refractivity (Wildman–Crippen MR) is 94.5 cm³/mol. The van der Waals surface area contributed by atoms with Gasteiger partial charge in [-0.05, 0) is 38.0 Å². The van der Waals surface area contributed by atoms with Crippen molar-refractivity contribution in [2.24, 2.45) is 4.99 Å². The normalized spacial score (nSPS) is 12.3. The van der Waals surface area contributed by atoms with Gasteiger partial charge in [-0.15, -0.1) is 0 Å². The molecule has 0 aliphatic carbocycles. The van der Waals surface area contributed by atoms with E-state index in [-0.39, 0.29) is 11.2 Å². The van der Waals surface area contributed by atoms with E-state index in [1.807, 2.05) is 26.0 Å². The Morgan fingerprint density at radius 1 is 1.17 bits per heavy atom. The zero-order valence-corrected chi connectivity index (χ0v) is 14.8. The van der Waals surface area contributed by atoms with E-state index >= 15 is 0 Å². The Labute approximate surface area is 139 Å². The molecule has 0 aromatic heterocycles. The summed E-state index contributed by atoms with van der Waals surface area (Å²) in [5, 5.41) is 6.56. The number of hydrogen-bond acceptors (Lipinski definition) is 2. The molecule has 0 amide bonds. The number of nitrogens with zero attached hydrogens (tertiary/aromatic N) is 1. The Bertz CT molecular complexity index is 472. The minimum Gasteiger partial charge on any atom is -0.382 e. The Kier molecular flexibility index (Phi) is 8.62. The first-order valence-electron chi connectivity index (χ1n) is 8.35. The maximum Gasteiger partial charge on any atom is 0.191 e. The number of rotatable bonds is 9. The highest BCUT2D eigenvalue weighted by molar-refractivity contribution is 5.79. The van der Waals surface area contributed by atoms with Crippen molar-refractivity contribution in [1.82, 2.24) is 10.6 Å². The third-order valence-electron chi connectivity index (χ3n) is 3.56. The highest BCUT2D eigenvalue weighted by Crippen LogP contribution is 2.23. The molecule has 5 heteroatoms. The molecule has 0 aliphatic rings. The smallest absolute Gasteiger partial charge is 0.191 e. The average Bonchev–Trinajstić information content (AvgIpc) is 2.53. The molecule has 0 bridgehead atoms. The minimum atomic E-state index is -0.211. The summed E-state index contributed by atoms with van der Waals surface area (Å²) in [6.07, 6.45) is 0.944. The quantitative estimate of drug-likeness (QED) is 0.417. The Hall–Kier alpha value is -1.62. The van der Waals surface area contributed by atoms with E-state index in [2.05, 4.69) is 29.5 Å². The van der Waals surface area contributed by atoms with Crippen LogP contribution in [0.4, 0.5) is 4.39 Å². The van der Waals surface area contributed by atoms with E-state index < -0.39 is 0 Å². The second kappa shape index (κ2) is 10.2. The highest BCUT2D eigenvalue weighted by atomic mass is 19.1. The Balaban J connectivity index is 2.58. The van der Waals surface area contributed by atoms with Crippen LogP contribution in [0.5, 0.6) is 0 Å². The monoisotopic (exact) mass is 323 g/mol. The maximum atomic E-state index is 13.1. The van der Waals surface area contributed by atoms with E-state index in [1.54, 1.807) is 0 Å². The lowest BCUT2D eigenvalue weighted by molar-refractivity contribution is 0.145. The van der Waals surface area contributed by atoms with Crippen LogP contribution in [0.2, 0.25) is 0 Å². The average molecular weight is 323 g/mol. The van der Waals surface area contributed by atoms with Crippen LogP contribution in [-0.4, -0.2) is 38.8 Å². The van der Waals surface area contributed by atoms with E-state index in [9.17, 15) is 4.39 Å².